The van der Waals surface area contributed by atoms with Crippen LogP contribution in [0, 0.1) is 5.92 Å². The van der Waals surface area contributed by atoms with Crippen LogP contribution in [0.15, 0.2) is 0 Å². The van der Waals surface area contributed by atoms with E-state index in [1.165, 1.54) is 32.1 Å². The predicted molar refractivity (Wildman–Crippen MR) is 54.6 cm³/mol. The summed E-state index contributed by atoms with van der Waals surface area (Å²) in [4.78, 5) is 10.5. The van der Waals surface area contributed by atoms with E-state index in [1.54, 1.807) is 0 Å². The number of aliphatic hydroxyl groups is 1. The second-order valence-corrected chi connectivity index (χ2v) is 4.08. The summed E-state index contributed by atoms with van der Waals surface area (Å²) in [5.74, 6) is 0.0602. The first-order valence-corrected chi connectivity index (χ1v) is 5.38. The molecule has 1 unspecified atom stereocenters. The zero-order valence-corrected chi connectivity index (χ0v) is 8.54. The number of nitrogens with one attached hydrogen (secondary N) is 1. The average Bonchev–Trinajstić information content (AvgIpc) is 2.19. The third-order valence-electron chi connectivity index (χ3n) is 2.82. The third kappa shape index (κ3) is 4.07. The number of carbonyl (C=O) groups is 1. The summed E-state index contributed by atoms with van der Waals surface area (Å²) in [5, 5.41) is 12.2. The monoisotopic (exact) mass is 200 g/mol. The number of hydrogen-bond donors (Lipinski definition) is 3. The van der Waals surface area contributed by atoms with E-state index < -0.39 is 12.0 Å². The van der Waals surface area contributed by atoms with Gasteiger partial charge in [-0.15, -0.1) is 0 Å². The molecule has 1 saturated carbocycles. The summed E-state index contributed by atoms with van der Waals surface area (Å²) >= 11 is 0. The second kappa shape index (κ2) is 5.98. The summed E-state index contributed by atoms with van der Waals surface area (Å²) in [7, 11) is 0. The van der Waals surface area contributed by atoms with Gasteiger partial charge in [-0.3, -0.25) is 4.79 Å². The molecule has 0 spiro atoms. The fourth-order valence-corrected chi connectivity index (χ4v) is 1.92. The molecule has 1 atom stereocenters. The van der Waals surface area contributed by atoms with Crippen LogP contribution >= 0.6 is 0 Å². The minimum atomic E-state index is -1.04. The average molecular weight is 200 g/mol. The largest absolute Gasteiger partial charge is 0.382 e. The summed E-state index contributed by atoms with van der Waals surface area (Å²) in [6.07, 6.45) is 5.45. The van der Waals surface area contributed by atoms with E-state index in [1.807, 2.05) is 0 Å². The van der Waals surface area contributed by atoms with E-state index in [9.17, 15) is 4.79 Å². The lowest BCUT2D eigenvalue weighted by Crippen LogP contribution is -2.39. The van der Waals surface area contributed by atoms with Crippen molar-refractivity contribution in [2.45, 2.75) is 38.2 Å². The molecule has 0 saturated heterocycles. The van der Waals surface area contributed by atoms with Crippen molar-refractivity contribution in [1.82, 2.24) is 5.32 Å². The van der Waals surface area contributed by atoms with Gasteiger partial charge in [-0.1, -0.05) is 19.3 Å². The molecule has 4 nitrogen and oxygen atoms in total. The number of primary amides is 1. The highest BCUT2D eigenvalue weighted by molar-refractivity contribution is 5.78. The molecule has 1 fully saturated rings. The molecule has 0 aliphatic heterocycles. The van der Waals surface area contributed by atoms with Crippen molar-refractivity contribution in [3.8, 4) is 0 Å². The van der Waals surface area contributed by atoms with Gasteiger partial charge in [0.2, 0.25) is 5.91 Å². The Morgan fingerprint density at radius 3 is 2.64 bits per heavy atom. The molecule has 0 heterocycles. The van der Waals surface area contributed by atoms with Gasteiger partial charge < -0.3 is 16.2 Å². The van der Waals surface area contributed by atoms with Gasteiger partial charge in [0.25, 0.3) is 0 Å². The van der Waals surface area contributed by atoms with Crippen LogP contribution in [0.1, 0.15) is 32.1 Å². The minimum Gasteiger partial charge on any atom is -0.382 e. The van der Waals surface area contributed by atoms with Gasteiger partial charge in [0.05, 0.1) is 0 Å². The Kier molecular flexibility index (Phi) is 4.90. The molecule has 1 amide bonds. The second-order valence-electron chi connectivity index (χ2n) is 4.08. The van der Waals surface area contributed by atoms with Crippen LogP contribution in [0.3, 0.4) is 0 Å². The smallest absolute Gasteiger partial charge is 0.247 e. The Bertz CT molecular complexity index is 179. The number of rotatable bonds is 5. The zero-order chi connectivity index (χ0) is 10.4. The van der Waals surface area contributed by atoms with Crippen LogP contribution in [-0.4, -0.2) is 30.2 Å². The Morgan fingerprint density at radius 1 is 1.43 bits per heavy atom. The van der Waals surface area contributed by atoms with Gasteiger partial charge in [-0.2, -0.15) is 0 Å². The Labute approximate surface area is 84.9 Å². The highest BCUT2D eigenvalue weighted by atomic mass is 16.3. The van der Waals surface area contributed by atoms with E-state index in [0.717, 1.165) is 6.54 Å². The van der Waals surface area contributed by atoms with Gasteiger partial charge in [0.15, 0.2) is 0 Å². The van der Waals surface area contributed by atoms with Crippen LogP contribution in [0.5, 0.6) is 0 Å². The highest BCUT2D eigenvalue weighted by Gasteiger charge is 2.14. The Hall–Kier alpha value is -0.610. The first kappa shape index (κ1) is 11.5. The van der Waals surface area contributed by atoms with E-state index >= 15 is 0 Å². The van der Waals surface area contributed by atoms with Crippen molar-refractivity contribution >= 4 is 5.91 Å². The van der Waals surface area contributed by atoms with Crippen molar-refractivity contribution in [2.75, 3.05) is 13.1 Å². The number of hydrogen-bond acceptors (Lipinski definition) is 3. The van der Waals surface area contributed by atoms with E-state index in [2.05, 4.69) is 5.32 Å². The molecule has 1 aliphatic rings. The molecule has 0 aromatic rings. The van der Waals surface area contributed by atoms with E-state index in [-0.39, 0.29) is 6.54 Å². The molecule has 0 aromatic carbocycles. The number of nitrogens with two attached hydrogens (primary N) is 1. The SMILES string of the molecule is NC(=O)C(O)CNCC1CCCCC1. The summed E-state index contributed by atoms with van der Waals surface area (Å²) in [6.45, 7) is 1.18. The fourth-order valence-electron chi connectivity index (χ4n) is 1.92. The number of amides is 1. The lowest BCUT2D eigenvalue weighted by Gasteiger charge is -2.22. The first-order valence-electron chi connectivity index (χ1n) is 5.38. The summed E-state index contributed by atoms with van der Waals surface area (Å²) in [6, 6.07) is 0. The van der Waals surface area contributed by atoms with Crippen molar-refractivity contribution in [3.63, 3.8) is 0 Å². The van der Waals surface area contributed by atoms with Crippen molar-refractivity contribution in [1.29, 1.82) is 0 Å². The van der Waals surface area contributed by atoms with Gasteiger partial charge in [-0.25, -0.2) is 0 Å². The van der Waals surface area contributed by atoms with Crippen molar-refractivity contribution in [3.05, 3.63) is 0 Å². The standard InChI is InChI=1S/C10H20N2O2/c11-10(14)9(13)7-12-6-8-4-2-1-3-5-8/h8-9,12-13H,1-7H2,(H2,11,14). The maximum absolute atomic E-state index is 10.5. The Morgan fingerprint density at radius 2 is 2.07 bits per heavy atom. The lowest BCUT2D eigenvalue weighted by molar-refractivity contribution is -0.125. The molecule has 4 heteroatoms. The number of carbonyl (C=O) groups excluding carboxylic acids is 1. The first-order chi connectivity index (χ1) is 6.70. The molecular weight excluding hydrogens is 180 g/mol. The van der Waals surface area contributed by atoms with Crippen molar-refractivity contribution < 1.29 is 9.90 Å². The lowest BCUT2D eigenvalue weighted by atomic mass is 9.89. The maximum atomic E-state index is 10.5. The summed E-state index contributed by atoms with van der Waals surface area (Å²) < 4.78 is 0. The van der Waals surface area contributed by atoms with Gasteiger partial charge in [0.1, 0.15) is 6.10 Å². The van der Waals surface area contributed by atoms with Gasteiger partial charge >= 0.3 is 0 Å². The number of aliphatic hydroxyl groups excluding tert-OH is 1. The molecule has 0 bridgehead atoms. The molecular formula is C10H20N2O2. The zero-order valence-electron chi connectivity index (χ0n) is 8.54. The van der Waals surface area contributed by atoms with E-state index in [0.29, 0.717) is 5.92 Å². The third-order valence-corrected chi connectivity index (χ3v) is 2.82. The van der Waals surface area contributed by atoms with Crippen LogP contribution in [0.25, 0.3) is 0 Å². The van der Waals surface area contributed by atoms with Crippen LogP contribution in [-0.2, 0) is 4.79 Å². The maximum Gasteiger partial charge on any atom is 0.247 e. The van der Waals surface area contributed by atoms with Crippen LogP contribution in [0.4, 0.5) is 0 Å². The predicted octanol–water partition coefficient (Wildman–Crippen LogP) is 0.00250. The molecule has 4 N–H and O–H groups in total. The van der Waals surface area contributed by atoms with Crippen LogP contribution < -0.4 is 11.1 Å². The normalized spacial score (nSPS) is 20.6. The molecule has 1 rings (SSSR count). The Balaban J connectivity index is 2.05. The molecule has 1 aliphatic carbocycles. The van der Waals surface area contributed by atoms with Gasteiger partial charge in [-0.05, 0) is 25.3 Å². The summed E-state index contributed by atoms with van der Waals surface area (Å²) in [5.41, 5.74) is 4.93. The highest BCUT2D eigenvalue weighted by Crippen LogP contribution is 2.22. The van der Waals surface area contributed by atoms with Crippen molar-refractivity contribution in [2.24, 2.45) is 11.7 Å². The quantitative estimate of drug-likeness (QED) is 0.585. The van der Waals surface area contributed by atoms with Gasteiger partial charge in [0, 0.05) is 6.54 Å². The molecule has 82 valence electrons. The molecule has 14 heavy (non-hydrogen) atoms. The van der Waals surface area contributed by atoms with E-state index in [4.69, 9.17) is 10.8 Å². The molecule has 0 radical (unpaired) electrons. The fraction of sp³-hybridized carbons (Fsp3) is 0.900. The minimum absolute atomic E-state index is 0.284. The molecule has 0 aromatic heterocycles. The van der Waals surface area contributed by atoms with Crippen LogP contribution in [0.2, 0.25) is 0 Å². The topological polar surface area (TPSA) is 75.4 Å².